The lowest BCUT2D eigenvalue weighted by atomic mass is 10.0. The SMILES string of the molecule is C=C(CC)CC(NN)C1CN(C)CCO1. The molecular weight excluding hydrogens is 190 g/mol. The molecule has 1 heterocycles. The van der Waals surface area contributed by atoms with Crippen molar-refractivity contribution in [3.05, 3.63) is 12.2 Å². The fourth-order valence-corrected chi connectivity index (χ4v) is 1.81. The van der Waals surface area contributed by atoms with Crippen molar-refractivity contribution in [2.24, 2.45) is 5.84 Å². The molecular formula is C11H23N3O. The molecule has 0 saturated carbocycles. The highest BCUT2D eigenvalue weighted by Crippen LogP contribution is 2.14. The summed E-state index contributed by atoms with van der Waals surface area (Å²) in [6.07, 6.45) is 2.07. The first-order valence-corrected chi connectivity index (χ1v) is 5.60. The Morgan fingerprint density at radius 1 is 1.73 bits per heavy atom. The number of nitrogens with two attached hydrogens (primary N) is 1. The summed E-state index contributed by atoms with van der Waals surface area (Å²) in [5.41, 5.74) is 4.06. The van der Waals surface area contributed by atoms with E-state index < -0.39 is 0 Å². The van der Waals surface area contributed by atoms with Crippen LogP contribution in [0.25, 0.3) is 0 Å². The fraction of sp³-hybridized carbons (Fsp3) is 0.818. The van der Waals surface area contributed by atoms with Crippen molar-refractivity contribution in [2.45, 2.75) is 31.9 Å². The molecule has 0 aromatic rings. The standard InChI is InChI=1S/C11H23N3O/c1-4-9(2)7-10(13-12)11-8-14(3)5-6-15-11/h10-11,13H,2,4-8,12H2,1,3H3. The zero-order chi connectivity index (χ0) is 11.3. The van der Waals surface area contributed by atoms with E-state index in [4.69, 9.17) is 10.6 Å². The minimum absolute atomic E-state index is 0.178. The van der Waals surface area contributed by atoms with Gasteiger partial charge < -0.3 is 9.64 Å². The van der Waals surface area contributed by atoms with Crippen molar-refractivity contribution in [3.8, 4) is 0 Å². The van der Waals surface area contributed by atoms with E-state index >= 15 is 0 Å². The number of hydrogen-bond acceptors (Lipinski definition) is 4. The number of likely N-dealkylation sites (N-methyl/N-ethyl adjacent to an activating group) is 1. The van der Waals surface area contributed by atoms with Gasteiger partial charge in [0.2, 0.25) is 0 Å². The zero-order valence-corrected chi connectivity index (χ0v) is 9.83. The summed E-state index contributed by atoms with van der Waals surface area (Å²) in [7, 11) is 2.11. The number of hydrogen-bond donors (Lipinski definition) is 2. The van der Waals surface area contributed by atoms with Gasteiger partial charge in [0, 0.05) is 13.1 Å². The molecule has 1 aliphatic rings. The molecule has 2 atom stereocenters. The summed E-state index contributed by atoms with van der Waals surface area (Å²) in [5.74, 6) is 5.56. The zero-order valence-electron chi connectivity index (χ0n) is 9.83. The maximum absolute atomic E-state index is 5.72. The summed E-state index contributed by atoms with van der Waals surface area (Å²) in [4.78, 5) is 2.27. The Labute approximate surface area is 92.4 Å². The van der Waals surface area contributed by atoms with Crippen molar-refractivity contribution in [1.82, 2.24) is 10.3 Å². The van der Waals surface area contributed by atoms with Crippen LogP contribution >= 0.6 is 0 Å². The molecule has 4 nitrogen and oxygen atoms in total. The van der Waals surface area contributed by atoms with Crippen LogP contribution in [0.15, 0.2) is 12.2 Å². The Hall–Kier alpha value is -0.420. The fourth-order valence-electron chi connectivity index (χ4n) is 1.81. The van der Waals surface area contributed by atoms with Crippen LogP contribution in [-0.2, 0) is 4.74 Å². The van der Waals surface area contributed by atoms with Crippen LogP contribution in [0.5, 0.6) is 0 Å². The molecule has 0 amide bonds. The van der Waals surface area contributed by atoms with Crippen LogP contribution in [-0.4, -0.2) is 43.8 Å². The molecule has 88 valence electrons. The van der Waals surface area contributed by atoms with Crippen LogP contribution in [0.2, 0.25) is 0 Å². The molecule has 15 heavy (non-hydrogen) atoms. The quantitative estimate of drug-likeness (QED) is 0.397. The Morgan fingerprint density at radius 3 is 3.00 bits per heavy atom. The van der Waals surface area contributed by atoms with Crippen LogP contribution in [0.4, 0.5) is 0 Å². The molecule has 0 aromatic heterocycles. The van der Waals surface area contributed by atoms with Crippen LogP contribution in [0, 0.1) is 0 Å². The molecule has 0 radical (unpaired) electrons. The third kappa shape index (κ3) is 3.91. The van der Waals surface area contributed by atoms with Gasteiger partial charge in [0.05, 0.1) is 18.8 Å². The third-order valence-electron chi connectivity index (χ3n) is 2.97. The maximum Gasteiger partial charge on any atom is 0.0871 e. The van der Waals surface area contributed by atoms with Gasteiger partial charge in [-0.15, -0.1) is 0 Å². The summed E-state index contributed by atoms with van der Waals surface area (Å²) in [6.45, 7) is 8.85. The number of nitrogens with zero attached hydrogens (tertiary/aromatic N) is 1. The first-order chi connectivity index (χ1) is 7.17. The van der Waals surface area contributed by atoms with E-state index in [1.165, 1.54) is 5.57 Å². The van der Waals surface area contributed by atoms with Crippen molar-refractivity contribution in [1.29, 1.82) is 0 Å². The summed E-state index contributed by atoms with van der Waals surface area (Å²) >= 11 is 0. The molecule has 0 aliphatic carbocycles. The number of morpholine rings is 1. The number of rotatable bonds is 5. The molecule has 3 N–H and O–H groups in total. The van der Waals surface area contributed by atoms with E-state index in [1.807, 2.05) is 0 Å². The van der Waals surface area contributed by atoms with E-state index in [0.29, 0.717) is 0 Å². The van der Waals surface area contributed by atoms with Gasteiger partial charge in [0.25, 0.3) is 0 Å². The minimum atomic E-state index is 0.178. The topological polar surface area (TPSA) is 50.5 Å². The van der Waals surface area contributed by atoms with Gasteiger partial charge in [-0.05, 0) is 19.9 Å². The van der Waals surface area contributed by atoms with Crippen molar-refractivity contribution in [2.75, 3.05) is 26.7 Å². The Balaban J connectivity index is 2.45. The summed E-state index contributed by atoms with van der Waals surface area (Å²) in [5, 5.41) is 0. The van der Waals surface area contributed by atoms with Crippen molar-refractivity contribution >= 4 is 0 Å². The predicted molar refractivity (Wildman–Crippen MR) is 62.4 cm³/mol. The smallest absolute Gasteiger partial charge is 0.0871 e. The second kappa shape index (κ2) is 6.23. The van der Waals surface area contributed by atoms with Crippen LogP contribution in [0.3, 0.4) is 0 Å². The monoisotopic (exact) mass is 213 g/mol. The highest BCUT2D eigenvalue weighted by atomic mass is 16.5. The highest BCUT2D eigenvalue weighted by molar-refractivity contribution is 4.99. The molecule has 0 spiro atoms. The Bertz CT molecular complexity index is 208. The lowest BCUT2D eigenvalue weighted by molar-refractivity contribution is -0.0385. The summed E-state index contributed by atoms with van der Waals surface area (Å²) in [6, 6.07) is 0.181. The molecule has 1 saturated heterocycles. The van der Waals surface area contributed by atoms with Gasteiger partial charge >= 0.3 is 0 Å². The van der Waals surface area contributed by atoms with Gasteiger partial charge in [0.15, 0.2) is 0 Å². The number of nitrogens with one attached hydrogen (secondary N) is 1. The van der Waals surface area contributed by atoms with E-state index in [2.05, 4.69) is 30.9 Å². The second-order valence-electron chi connectivity index (χ2n) is 4.25. The van der Waals surface area contributed by atoms with Gasteiger partial charge in [-0.1, -0.05) is 19.1 Å². The van der Waals surface area contributed by atoms with E-state index in [-0.39, 0.29) is 12.1 Å². The molecule has 1 fully saturated rings. The largest absolute Gasteiger partial charge is 0.374 e. The first kappa shape index (κ1) is 12.6. The van der Waals surface area contributed by atoms with Gasteiger partial charge in [-0.3, -0.25) is 11.3 Å². The average molecular weight is 213 g/mol. The van der Waals surface area contributed by atoms with E-state index in [9.17, 15) is 0 Å². The maximum atomic E-state index is 5.72. The molecule has 0 bridgehead atoms. The Morgan fingerprint density at radius 2 is 2.47 bits per heavy atom. The third-order valence-corrected chi connectivity index (χ3v) is 2.97. The minimum Gasteiger partial charge on any atom is -0.374 e. The predicted octanol–water partition coefficient (Wildman–Crippen LogP) is 0.505. The summed E-state index contributed by atoms with van der Waals surface area (Å²) < 4.78 is 5.72. The van der Waals surface area contributed by atoms with E-state index in [0.717, 1.165) is 32.5 Å². The highest BCUT2D eigenvalue weighted by Gasteiger charge is 2.25. The van der Waals surface area contributed by atoms with Gasteiger partial charge in [0.1, 0.15) is 0 Å². The number of hydrazine groups is 1. The molecule has 2 unspecified atom stereocenters. The second-order valence-corrected chi connectivity index (χ2v) is 4.25. The van der Waals surface area contributed by atoms with Crippen LogP contribution < -0.4 is 11.3 Å². The van der Waals surface area contributed by atoms with Crippen molar-refractivity contribution in [3.63, 3.8) is 0 Å². The number of ether oxygens (including phenoxy) is 1. The molecule has 0 aromatic carbocycles. The van der Waals surface area contributed by atoms with Crippen molar-refractivity contribution < 1.29 is 4.74 Å². The normalized spacial score (nSPS) is 25.1. The lowest BCUT2D eigenvalue weighted by Crippen LogP contribution is -2.53. The van der Waals surface area contributed by atoms with Crippen LogP contribution in [0.1, 0.15) is 19.8 Å². The van der Waals surface area contributed by atoms with Gasteiger partial charge in [-0.25, -0.2) is 0 Å². The first-order valence-electron chi connectivity index (χ1n) is 5.60. The molecule has 1 aliphatic heterocycles. The van der Waals surface area contributed by atoms with Gasteiger partial charge in [-0.2, -0.15) is 0 Å². The Kier molecular flexibility index (Phi) is 5.25. The molecule has 1 rings (SSSR count). The molecule has 4 heteroatoms. The van der Waals surface area contributed by atoms with E-state index in [1.54, 1.807) is 0 Å². The average Bonchev–Trinajstić information content (AvgIpc) is 2.25. The lowest BCUT2D eigenvalue weighted by Gasteiger charge is -2.35.